The van der Waals surface area contributed by atoms with Gasteiger partial charge in [0.15, 0.2) is 0 Å². The van der Waals surface area contributed by atoms with Gasteiger partial charge in [-0.05, 0) is 12.8 Å². The second-order valence-electron chi connectivity index (χ2n) is 12.7. The predicted octanol–water partition coefficient (Wildman–Crippen LogP) is 13.0. The molecular formula is C36H74CoO4P+. The van der Waals surface area contributed by atoms with Gasteiger partial charge in [-0.2, -0.15) is 0 Å². The normalized spacial score (nSPS) is 11.7. The molecule has 4 nitrogen and oxygen atoms in total. The minimum Gasteiger partial charge on any atom is -0.756 e. The standard InChI is InChI=1S/C36H75O4P.Co/c1-3-5-7-9-11-13-15-17-19-21-23-25-27-29-31-33-35-39-41(37,38)40-36-34-32-30-28-26-24-22-20-18-16-14-12-10-8-6-4-2;/h3-36H2,1-2H3,(H,37,38);/q;+2/p-1. The van der Waals surface area contributed by atoms with E-state index in [1.165, 1.54) is 180 Å². The summed E-state index contributed by atoms with van der Waals surface area (Å²) in [5.74, 6) is 0. The average molecular weight is 661 g/mol. The van der Waals surface area contributed by atoms with Crippen LogP contribution in [0, 0.1) is 0 Å². The molecule has 0 aliphatic heterocycles. The molecule has 0 spiro atoms. The molecule has 1 radical (unpaired) electrons. The fraction of sp³-hybridized carbons (Fsp3) is 1.00. The summed E-state index contributed by atoms with van der Waals surface area (Å²) in [4.78, 5) is 11.9. The molecule has 0 unspecified atom stereocenters. The van der Waals surface area contributed by atoms with E-state index in [2.05, 4.69) is 13.8 Å². The number of rotatable bonds is 36. The molecule has 0 aromatic carbocycles. The molecule has 0 saturated carbocycles. The molecule has 0 aromatic heterocycles. The van der Waals surface area contributed by atoms with Crippen LogP contribution in [0.5, 0.6) is 0 Å². The number of phosphoric ester groups is 1. The van der Waals surface area contributed by atoms with Crippen LogP contribution in [0.3, 0.4) is 0 Å². The molecule has 0 amide bonds. The molecule has 0 rings (SSSR count). The number of hydrogen-bond acceptors (Lipinski definition) is 4. The summed E-state index contributed by atoms with van der Waals surface area (Å²) >= 11 is 0. The van der Waals surface area contributed by atoms with Crippen molar-refractivity contribution in [1.29, 1.82) is 0 Å². The zero-order chi connectivity index (χ0) is 30.0. The van der Waals surface area contributed by atoms with Crippen LogP contribution in [0.15, 0.2) is 0 Å². The van der Waals surface area contributed by atoms with Crippen molar-refractivity contribution in [3.05, 3.63) is 0 Å². The molecule has 0 bridgehead atoms. The van der Waals surface area contributed by atoms with Gasteiger partial charge in [-0.1, -0.05) is 206 Å². The fourth-order valence-corrected chi connectivity index (χ4v) is 6.47. The van der Waals surface area contributed by atoms with E-state index in [1.54, 1.807) is 0 Å². The third-order valence-corrected chi connectivity index (χ3v) is 9.49. The summed E-state index contributed by atoms with van der Waals surface area (Å²) in [5, 5.41) is 0. The van der Waals surface area contributed by atoms with E-state index in [4.69, 9.17) is 9.05 Å². The Balaban J connectivity index is 0. The van der Waals surface area contributed by atoms with Gasteiger partial charge in [0, 0.05) is 0 Å². The summed E-state index contributed by atoms with van der Waals surface area (Å²) in [6.45, 7) is 5.08. The molecule has 0 aliphatic carbocycles. The molecule has 0 heterocycles. The first-order valence-corrected chi connectivity index (χ1v) is 20.2. The van der Waals surface area contributed by atoms with Crippen molar-refractivity contribution < 1.29 is 35.3 Å². The van der Waals surface area contributed by atoms with Gasteiger partial charge in [-0.3, -0.25) is 4.57 Å². The van der Waals surface area contributed by atoms with Crippen LogP contribution in [-0.4, -0.2) is 13.2 Å². The van der Waals surface area contributed by atoms with Crippen molar-refractivity contribution in [2.75, 3.05) is 13.2 Å². The number of hydrogen-bond donors (Lipinski definition) is 0. The smallest absolute Gasteiger partial charge is 0.756 e. The third-order valence-electron chi connectivity index (χ3n) is 8.49. The SMILES string of the molecule is CCCCCCCCCCCCCCCCCCOP(=O)([O-])OCCCCCCCCCCCCCCCCCC.[Co+2]. The van der Waals surface area contributed by atoms with E-state index >= 15 is 0 Å². The van der Waals surface area contributed by atoms with Gasteiger partial charge in [-0.25, -0.2) is 0 Å². The maximum absolute atomic E-state index is 11.9. The first kappa shape index (κ1) is 44.7. The molecule has 0 saturated heterocycles. The van der Waals surface area contributed by atoms with Gasteiger partial charge in [0.05, 0.1) is 13.2 Å². The van der Waals surface area contributed by atoms with Gasteiger partial charge < -0.3 is 13.9 Å². The molecule has 0 N–H and O–H groups in total. The zero-order valence-electron chi connectivity index (χ0n) is 28.5. The zero-order valence-corrected chi connectivity index (χ0v) is 30.4. The van der Waals surface area contributed by atoms with Crippen molar-refractivity contribution in [3.63, 3.8) is 0 Å². The maximum atomic E-state index is 11.9. The molecule has 6 heteroatoms. The van der Waals surface area contributed by atoms with Crippen LogP contribution in [-0.2, 0) is 30.4 Å². The first-order valence-electron chi connectivity index (χ1n) is 18.7. The van der Waals surface area contributed by atoms with Crippen molar-refractivity contribution >= 4 is 7.82 Å². The Labute approximate surface area is 274 Å². The fourth-order valence-electron chi connectivity index (χ4n) is 5.69. The minimum absolute atomic E-state index is 0. The van der Waals surface area contributed by atoms with E-state index in [-0.39, 0.29) is 30.0 Å². The summed E-state index contributed by atoms with van der Waals surface area (Å²) in [6.07, 6.45) is 41.9. The molecule has 255 valence electrons. The van der Waals surface area contributed by atoms with Crippen LogP contribution >= 0.6 is 7.82 Å². The summed E-state index contributed by atoms with van der Waals surface area (Å²) in [7, 11) is -4.12. The van der Waals surface area contributed by atoms with Crippen molar-refractivity contribution in [2.45, 2.75) is 219 Å². The Morgan fingerprint density at radius 2 is 0.524 bits per heavy atom. The van der Waals surface area contributed by atoms with E-state index in [0.29, 0.717) is 0 Å². The van der Waals surface area contributed by atoms with E-state index in [9.17, 15) is 9.46 Å². The molecular weight excluding hydrogens is 586 g/mol. The third kappa shape index (κ3) is 38.6. The number of phosphoric acid groups is 1. The quantitative estimate of drug-likeness (QED) is 0.0496. The van der Waals surface area contributed by atoms with Gasteiger partial charge in [0.1, 0.15) is 0 Å². The van der Waals surface area contributed by atoms with Crippen LogP contribution in [0.25, 0.3) is 0 Å². The monoisotopic (exact) mass is 660 g/mol. The second kappa shape index (κ2) is 37.8. The second-order valence-corrected chi connectivity index (χ2v) is 14.1. The van der Waals surface area contributed by atoms with E-state index in [1.807, 2.05) is 0 Å². The Hall–Kier alpha value is 0.616. The summed E-state index contributed by atoms with van der Waals surface area (Å²) in [6, 6.07) is 0. The van der Waals surface area contributed by atoms with E-state index < -0.39 is 7.82 Å². The van der Waals surface area contributed by atoms with Gasteiger partial charge in [0.2, 0.25) is 0 Å². The van der Waals surface area contributed by atoms with Crippen LogP contribution in [0.2, 0.25) is 0 Å². The molecule has 0 aliphatic rings. The van der Waals surface area contributed by atoms with Crippen LogP contribution < -0.4 is 4.89 Å². The van der Waals surface area contributed by atoms with Crippen LogP contribution in [0.4, 0.5) is 0 Å². The molecule has 0 atom stereocenters. The predicted molar refractivity (Wildman–Crippen MR) is 179 cm³/mol. The largest absolute Gasteiger partial charge is 2.00 e. The summed E-state index contributed by atoms with van der Waals surface area (Å²) < 4.78 is 22.0. The van der Waals surface area contributed by atoms with Gasteiger partial charge in [0.25, 0.3) is 7.82 Å². The molecule has 42 heavy (non-hydrogen) atoms. The van der Waals surface area contributed by atoms with Crippen molar-refractivity contribution in [3.8, 4) is 0 Å². The topological polar surface area (TPSA) is 58.6 Å². The Kier molecular flexibility index (Phi) is 40.3. The minimum atomic E-state index is -4.12. The van der Waals surface area contributed by atoms with Crippen LogP contribution in [0.1, 0.15) is 219 Å². The first-order chi connectivity index (χ1) is 20.1. The summed E-state index contributed by atoms with van der Waals surface area (Å²) in [5.41, 5.74) is 0. The van der Waals surface area contributed by atoms with Crippen molar-refractivity contribution in [2.24, 2.45) is 0 Å². The molecule has 0 fully saturated rings. The van der Waals surface area contributed by atoms with Crippen molar-refractivity contribution in [1.82, 2.24) is 0 Å². The maximum Gasteiger partial charge on any atom is 2.00 e. The Morgan fingerprint density at radius 1 is 0.357 bits per heavy atom. The Bertz CT molecular complexity index is 493. The average Bonchev–Trinajstić information content (AvgIpc) is 2.96. The molecule has 0 aromatic rings. The number of unbranched alkanes of at least 4 members (excludes halogenated alkanes) is 30. The Morgan fingerprint density at radius 3 is 0.714 bits per heavy atom. The van der Waals surface area contributed by atoms with Gasteiger partial charge >= 0.3 is 16.8 Å². The van der Waals surface area contributed by atoms with E-state index in [0.717, 1.165) is 25.7 Å². The van der Waals surface area contributed by atoms with Gasteiger partial charge in [-0.15, -0.1) is 0 Å².